The molecule has 6 heteroatoms. The first-order valence-corrected chi connectivity index (χ1v) is 8.20. The van der Waals surface area contributed by atoms with Crippen molar-refractivity contribution in [2.75, 3.05) is 5.32 Å². The molecule has 2 heterocycles. The summed E-state index contributed by atoms with van der Waals surface area (Å²) in [6.07, 6.45) is 0. The summed E-state index contributed by atoms with van der Waals surface area (Å²) in [5.41, 5.74) is 1.75. The molecule has 0 saturated heterocycles. The summed E-state index contributed by atoms with van der Waals surface area (Å²) >= 11 is 0. The number of nitrogens with zero attached hydrogens (tertiary/aromatic N) is 1. The van der Waals surface area contributed by atoms with E-state index in [4.69, 9.17) is 4.42 Å². The van der Waals surface area contributed by atoms with Gasteiger partial charge in [0.1, 0.15) is 22.5 Å². The number of furan rings is 1. The summed E-state index contributed by atoms with van der Waals surface area (Å²) in [6.45, 7) is 1.64. The van der Waals surface area contributed by atoms with Gasteiger partial charge in [0.15, 0.2) is 0 Å². The number of anilines is 2. The van der Waals surface area contributed by atoms with Gasteiger partial charge in [-0.15, -0.1) is 0 Å². The number of benzene rings is 3. The number of rotatable bonds is 1. The minimum Gasteiger partial charge on any atom is -0.456 e. The molecule has 0 radical (unpaired) electrons. The zero-order valence-electron chi connectivity index (χ0n) is 13.8. The summed E-state index contributed by atoms with van der Waals surface area (Å²) in [5, 5.41) is 27.8. The van der Waals surface area contributed by atoms with E-state index >= 15 is 0 Å². The van der Waals surface area contributed by atoms with Crippen LogP contribution in [0.5, 0.6) is 0 Å². The maximum absolute atomic E-state index is 11.4. The minimum atomic E-state index is -1.44. The topological polar surface area (TPSA) is 88.5 Å². The van der Waals surface area contributed by atoms with Gasteiger partial charge in [0, 0.05) is 28.1 Å². The molecule has 1 atom stereocenters. The van der Waals surface area contributed by atoms with Crippen LogP contribution >= 0.6 is 0 Å². The van der Waals surface area contributed by atoms with Crippen molar-refractivity contribution >= 4 is 39.0 Å². The van der Waals surface area contributed by atoms with Crippen molar-refractivity contribution in [2.45, 2.75) is 12.5 Å². The highest BCUT2D eigenvalue weighted by Gasteiger charge is 2.40. The van der Waals surface area contributed by atoms with Gasteiger partial charge in [0.05, 0.1) is 10.5 Å². The summed E-state index contributed by atoms with van der Waals surface area (Å²) in [6, 6.07) is 16.1. The maximum Gasteiger partial charge on any atom is 0.293 e. The van der Waals surface area contributed by atoms with E-state index in [9.17, 15) is 15.2 Å². The average molecular weight is 346 g/mol. The van der Waals surface area contributed by atoms with Gasteiger partial charge in [-0.25, -0.2) is 0 Å². The molecule has 1 unspecified atom stereocenters. The Labute approximate surface area is 147 Å². The van der Waals surface area contributed by atoms with Crippen LogP contribution < -0.4 is 5.32 Å². The Kier molecular flexibility index (Phi) is 2.77. The van der Waals surface area contributed by atoms with E-state index in [-0.39, 0.29) is 5.69 Å². The SMILES string of the molecule is CC1(O)c2cccc([N+](=O)[O-])c2Nc2ccc3c(oc4ccccc43)c21. The fourth-order valence-corrected chi connectivity index (χ4v) is 3.87. The quantitative estimate of drug-likeness (QED) is 0.381. The summed E-state index contributed by atoms with van der Waals surface area (Å²) in [7, 11) is 0. The second kappa shape index (κ2) is 4.83. The second-order valence-corrected chi connectivity index (χ2v) is 6.62. The van der Waals surface area contributed by atoms with E-state index in [1.807, 2.05) is 36.4 Å². The van der Waals surface area contributed by atoms with Crippen LogP contribution in [0.4, 0.5) is 17.1 Å². The van der Waals surface area contributed by atoms with Gasteiger partial charge in [0.2, 0.25) is 0 Å². The molecule has 4 aromatic rings. The first-order chi connectivity index (χ1) is 12.5. The molecule has 26 heavy (non-hydrogen) atoms. The number of nitro benzene ring substituents is 1. The van der Waals surface area contributed by atoms with Gasteiger partial charge in [-0.1, -0.05) is 30.3 Å². The lowest BCUT2D eigenvalue weighted by molar-refractivity contribution is -0.384. The molecule has 0 amide bonds. The molecule has 3 aromatic carbocycles. The number of hydrogen-bond donors (Lipinski definition) is 2. The van der Waals surface area contributed by atoms with Crippen LogP contribution in [-0.2, 0) is 5.60 Å². The molecule has 5 rings (SSSR count). The molecule has 2 N–H and O–H groups in total. The van der Waals surface area contributed by atoms with Gasteiger partial charge in [0.25, 0.3) is 5.69 Å². The van der Waals surface area contributed by atoms with Crippen LogP contribution in [-0.4, -0.2) is 10.0 Å². The smallest absolute Gasteiger partial charge is 0.293 e. The standard InChI is InChI=1S/C20H14N2O4/c1-20(23)13-6-4-7-15(22(24)25)18(13)21-14-10-9-12-11-5-2-3-8-16(11)26-19(12)17(14)20/h2-10,21,23H,1H3. The van der Waals surface area contributed by atoms with E-state index in [0.29, 0.717) is 28.1 Å². The molecule has 1 aromatic heterocycles. The highest BCUT2D eigenvalue weighted by molar-refractivity contribution is 6.08. The average Bonchev–Trinajstić information content (AvgIpc) is 2.99. The minimum absolute atomic E-state index is 0.0712. The Morgan fingerprint density at radius 2 is 1.88 bits per heavy atom. The van der Waals surface area contributed by atoms with Gasteiger partial charge in [-0.05, 0) is 25.1 Å². The molecular weight excluding hydrogens is 332 g/mol. The van der Waals surface area contributed by atoms with Crippen molar-refractivity contribution in [1.29, 1.82) is 0 Å². The number of hydrogen-bond acceptors (Lipinski definition) is 5. The summed E-state index contributed by atoms with van der Waals surface area (Å²) in [4.78, 5) is 10.9. The fraction of sp³-hybridized carbons (Fsp3) is 0.100. The lowest BCUT2D eigenvalue weighted by Gasteiger charge is -2.33. The number of aliphatic hydroxyl groups is 1. The van der Waals surface area contributed by atoms with E-state index in [2.05, 4.69) is 5.32 Å². The molecule has 0 saturated carbocycles. The van der Waals surface area contributed by atoms with Crippen LogP contribution in [0.1, 0.15) is 18.1 Å². The normalized spacial score (nSPS) is 18.4. The Morgan fingerprint density at radius 1 is 1.08 bits per heavy atom. The molecule has 128 valence electrons. The Hall–Kier alpha value is -3.38. The van der Waals surface area contributed by atoms with E-state index in [1.54, 1.807) is 19.1 Å². The van der Waals surface area contributed by atoms with Crippen LogP contribution in [0.25, 0.3) is 21.9 Å². The van der Waals surface area contributed by atoms with E-state index in [0.717, 1.165) is 16.4 Å². The lowest BCUT2D eigenvalue weighted by atomic mass is 9.82. The Balaban J connectivity index is 1.87. The maximum atomic E-state index is 11.4. The molecular formula is C20H14N2O4. The van der Waals surface area contributed by atoms with Gasteiger partial charge < -0.3 is 14.8 Å². The predicted molar refractivity (Wildman–Crippen MR) is 98.8 cm³/mol. The molecule has 0 bridgehead atoms. The first kappa shape index (κ1) is 14.9. The van der Waals surface area contributed by atoms with Crippen LogP contribution in [0.2, 0.25) is 0 Å². The number of fused-ring (bicyclic) bond motifs is 6. The largest absolute Gasteiger partial charge is 0.456 e. The van der Waals surface area contributed by atoms with Gasteiger partial charge in [-0.3, -0.25) is 10.1 Å². The summed E-state index contributed by atoms with van der Waals surface area (Å²) in [5.74, 6) is 0. The molecule has 0 aliphatic carbocycles. The van der Waals surface area contributed by atoms with Crippen molar-refractivity contribution < 1.29 is 14.4 Å². The van der Waals surface area contributed by atoms with Crippen molar-refractivity contribution in [3.63, 3.8) is 0 Å². The molecule has 1 aliphatic heterocycles. The van der Waals surface area contributed by atoms with Crippen molar-refractivity contribution in [3.8, 4) is 0 Å². The number of para-hydroxylation sites is 2. The predicted octanol–water partition coefficient (Wildman–Crippen LogP) is 4.81. The van der Waals surface area contributed by atoms with E-state index < -0.39 is 10.5 Å². The number of nitro groups is 1. The summed E-state index contributed by atoms with van der Waals surface area (Å²) < 4.78 is 6.05. The highest BCUT2D eigenvalue weighted by atomic mass is 16.6. The van der Waals surface area contributed by atoms with Crippen molar-refractivity contribution in [1.82, 2.24) is 0 Å². The van der Waals surface area contributed by atoms with Crippen LogP contribution in [0.3, 0.4) is 0 Å². The van der Waals surface area contributed by atoms with Crippen LogP contribution in [0, 0.1) is 10.1 Å². The number of nitrogens with one attached hydrogen (secondary N) is 1. The van der Waals surface area contributed by atoms with Gasteiger partial charge >= 0.3 is 0 Å². The first-order valence-electron chi connectivity index (χ1n) is 8.20. The van der Waals surface area contributed by atoms with Crippen molar-refractivity contribution in [2.24, 2.45) is 0 Å². The molecule has 0 spiro atoms. The zero-order valence-corrected chi connectivity index (χ0v) is 13.8. The van der Waals surface area contributed by atoms with E-state index in [1.165, 1.54) is 6.07 Å². The second-order valence-electron chi connectivity index (χ2n) is 6.62. The molecule has 6 nitrogen and oxygen atoms in total. The fourth-order valence-electron chi connectivity index (χ4n) is 3.87. The Morgan fingerprint density at radius 3 is 2.69 bits per heavy atom. The highest BCUT2D eigenvalue weighted by Crippen LogP contribution is 2.50. The zero-order chi connectivity index (χ0) is 18.1. The van der Waals surface area contributed by atoms with Crippen LogP contribution in [0.15, 0.2) is 59.0 Å². The molecule has 0 fully saturated rings. The third-order valence-electron chi connectivity index (χ3n) is 5.06. The third-order valence-corrected chi connectivity index (χ3v) is 5.06. The lowest BCUT2D eigenvalue weighted by Crippen LogP contribution is -2.29. The monoisotopic (exact) mass is 346 g/mol. The molecule has 1 aliphatic rings. The van der Waals surface area contributed by atoms with Crippen molar-refractivity contribution in [3.05, 3.63) is 75.8 Å². The third kappa shape index (κ3) is 1.79. The van der Waals surface area contributed by atoms with Gasteiger partial charge in [-0.2, -0.15) is 0 Å². The Bertz CT molecular complexity index is 1220.